The Morgan fingerprint density at radius 1 is 1.07 bits per heavy atom. The van der Waals surface area contributed by atoms with Crippen LogP contribution in [0.5, 0.6) is 0 Å². The summed E-state index contributed by atoms with van der Waals surface area (Å²) in [6.45, 7) is 5.25. The summed E-state index contributed by atoms with van der Waals surface area (Å²) in [6.07, 6.45) is 1.42. The molecule has 1 unspecified atom stereocenters. The molecular formula is C22H24N4O2. The Hall–Kier alpha value is -3.02. The average Bonchev–Trinajstić information content (AvgIpc) is 2.74. The van der Waals surface area contributed by atoms with Gasteiger partial charge in [0.1, 0.15) is 5.52 Å². The lowest BCUT2D eigenvalue weighted by Gasteiger charge is -2.33. The standard InChI is InChI=1S/C22H24N4O2/c1-15-7-9-17(10-8-15)16(2)21(27)25-13-11-18(12-14-25)26-22(28)19-5-3-4-6-20(19)23-24-26/h3-10,16,18H,11-14H2,1-2H3. The Kier molecular flexibility index (Phi) is 4.94. The van der Waals surface area contributed by atoms with Gasteiger partial charge < -0.3 is 4.90 Å². The molecule has 1 amide bonds. The first kappa shape index (κ1) is 18.3. The number of rotatable bonds is 3. The lowest BCUT2D eigenvalue weighted by Crippen LogP contribution is -2.43. The Morgan fingerprint density at radius 2 is 1.75 bits per heavy atom. The number of aromatic nitrogens is 3. The fraction of sp³-hybridized carbons (Fsp3) is 0.364. The number of aryl methyl sites for hydroxylation is 1. The summed E-state index contributed by atoms with van der Waals surface area (Å²) in [4.78, 5) is 27.5. The number of hydrogen-bond donors (Lipinski definition) is 0. The first-order chi connectivity index (χ1) is 13.5. The van der Waals surface area contributed by atoms with Gasteiger partial charge >= 0.3 is 0 Å². The topological polar surface area (TPSA) is 68.1 Å². The van der Waals surface area contributed by atoms with Crippen molar-refractivity contribution < 1.29 is 4.79 Å². The van der Waals surface area contributed by atoms with Crippen molar-refractivity contribution in [1.29, 1.82) is 0 Å². The maximum absolute atomic E-state index is 12.9. The Labute approximate surface area is 163 Å². The molecule has 3 aromatic rings. The Morgan fingerprint density at radius 3 is 2.46 bits per heavy atom. The predicted octanol–water partition coefficient (Wildman–Crippen LogP) is 3.07. The molecule has 1 saturated heterocycles. The Balaban J connectivity index is 1.46. The summed E-state index contributed by atoms with van der Waals surface area (Å²) in [6, 6.07) is 15.4. The molecule has 6 nitrogen and oxygen atoms in total. The molecule has 1 aromatic heterocycles. The summed E-state index contributed by atoms with van der Waals surface area (Å²) in [5.41, 5.74) is 2.73. The molecule has 0 saturated carbocycles. The van der Waals surface area contributed by atoms with E-state index in [-0.39, 0.29) is 23.4 Å². The van der Waals surface area contributed by atoms with E-state index in [9.17, 15) is 9.59 Å². The van der Waals surface area contributed by atoms with Crippen LogP contribution in [0.3, 0.4) is 0 Å². The van der Waals surface area contributed by atoms with Gasteiger partial charge in [0.15, 0.2) is 0 Å². The molecule has 144 valence electrons. The molecule has 2 heterocycles. The molecule has 28 heavy (non-hydrogen) atoms. The first-order valence-corrected chi connectivity index (χ1v) is 9.74. The minimum absolute atomic E-state index is 0.0247. The van der Waals surface area contributed by atoms with Crippen LogP contribution in [0, 0.1) is 6.92 Å². The highest BCUT2D eigenvalue weighted by molar-refractivity contribution is 5.83. The second kappa shape index (κ2) is 7.54. The zero-order valence-electron chi connectivity index (χ0n) is 16.2. The lowest BCUT2D eigenvalue weighted by molar-refractivity contribution is -0.133. The highest BCUT2D eigenvalue weighted by Crippen LogP contribution is 2.25. The van der Waals surface area contributed by atoms with Crippen molar-refractivity contribution in [2.45, 2.75) is 38.6 Å². The Bertz CT molecular complexity index is 1050. The minimum Gasteiger partial charge on any atom is -0.342 e. The van der Waals surface area contributed by atoms with Gasteiger partial charge in [-0.25, -0.2) is 4.68 Å². The molecule has 4 rings (SSSR count). The summed E-state index contributed by atoms with van der Waals surface area (Å²) in [5, 5.41) is 8.91. The molecule has 6 heteroatoms. The number of amides is 1. The van der Waals surface area contributed by atoms with Crippen LogP contribution in [-0.2, 0) is 4.79 Å². The van der Waals surface area contributed by atoms with Crippen molar-refractivity contribution in [3.05, 3.63) is 70.0 Å². The zero-order chi connectivity index (χ0) is 19.7. The van der Waals surface area contributed by atoms with Gasteiger partial charge in [0, 0.05) is 13.1 Å². The molecule has 0 spiro atoms. The van der Waals surface area contributed by atoms with Crippen molar-refractivity contribution in [3.8, 4) is 0 Å². The monoisotopic (exact) mass is 376 g/mol. The van der Waals surface area contributed by atoms with Gasteiger partial charge in [-0.2, -0.15) is 0 Å². The van der Waals surface area contributed by atoms with Crippen molar-refractivity contribution >= 4 is 16.8 Å². The average molecular weight is 376 g/mol. The van der Waals surface area contributed by atoms with Crippen molar-refractivity contribution in [2.24, 2.45) is 0 Å². The van der Waals surface area contributed by atoms with Gasteiger partial charge in [-0.3, -0.25) is 9.59 Å². The second-order valence-corrected chi connectivity index (χ2v) is 7.55. The van der Waals surface area contributed by atoms with E-state index in [0.717, 1.165) is 5.56 Å². The summed E-state index contributed by atoms with van der Waals surface area (Å²) in [7, 11) is 0. The van der Waals surface area contributed by atoms with E-state index in [1.54, 1.807) is 12.1 Å². The van der Waals surface area contributed by atoms with Gasteiger partial charge in [0.05, 0.1) is 17.3 Å². The van der Waals surface area contributed by atoms with Crippen LogP contribution in [0.4, 0.5) is 0 Å². The van der Waals surface area contributed by atoms with Crippen LogP contribution in [0.15, 0.2) is 53.3 Å². The number of benzene rings is 2. The molecule has 0 N–H and O–H groups in total. The van der Waals surface area contributed by atoms with Gasteiger partial charge in [-0.1, -0.05) is 47.2 Å². The molecule has 1 aliphatic heterocycles. The smallest absolute Gasteiger partial charge is 0.277 e. The van der Waals surface area contributed by atoms with Crippen molar-refractivity contribution in [2.75, 3.05) is 13.1 Å². The minimum atomic E-state index is -0.166. The fourth-order valence-corrected chi connectivity index (χ4v) is 3.84. The summed E-state index contributed by atoms with van der Waals surface area (Å²) < 4.78 is 1.49. The van der Waals surface area contributed by atoms with E-state index in [2.05, 4.69) is 10.3 Å². The number of likely N-dealkylation sites (tertiary alicyclic amines) is 1. The van der Waals surface area contributed by atoms with Crippen LogP contribution in [0.2, 0.25) is 0 Å². The maximum Gasteiger partial charge on any atom is 0.277 e. The van der Waals surface area contributed by atoms with Gasteiger partial charge in [-0.15, -0.1) is 5.10 Å². The number of hydrogen-bond acceptors (Lipinski definition) is 4. The predicted molar refractivity (Wildman–Crippen MR) is 108 cm³/mol. The quantitative estimate of drug-likeness (QED) is 0.705. The maximum atomic E-state index is 12.9. The molecular weight excluding hydrogens is 352 g/mol. The van der Waals surface area contributed by atoms with Gasteiger partial charge in [0.2, 0.25) is 5.91 Å². The highest BCUT2D eigenvalue weighted by Gasteiger charge is 2.28. The number of nitrogens with zero attached hydrogens (tertiary/aromatic N) is 4. The summed E-state index contributed by atoms with van der Waals surface area (Å²) in [5.74, 6) is -0.0282. The van der Waals surface area contributed by atoms with E-state index in [1.165, 1.54) is 10.2 Å². The van der Waals surface area contributed by atoms with E-state index >= 15 is 0 Å². The third-order valence-corrected chi connectivity index (χ3v) is 5.66. The lowest BCUT2D eigenvalue weighted by atomic mass is 9.96. The van der Waals surface area contributed by atoms with Gasteiger partial charge in [0.25, 0.3) is 5.56 Å². The fourth-order valence-electron chi connectivity index (χ4n) is 3.84. The van der Waals surface area contributed by atoms with E-state index in [0.29, 0.717) is 36.8 Å². The number of fused-ring (bicyclic) bond motifs is 1. The first-order valence-electron chi connectivity index (χ1n) is 9.74. The van der Waals surface area contributed by atoms with Crippen LogP contribution < -0.4 is 5.56 Å². The second-order valence-electron chi connectivity index (χ2n) is 7.55. The van der Waals surface area contributed by atoms with E-state index in [4.69, 9.17) is 0 Å². The van der Waals surface area contributed by atoms with E-state index in [1.807, 2.05) is 55.1 Å². The van der Waals surface area contributed by atoms with Crippen molar-refractivity contribution in [1.82, 2.24) is 19.9 Å². The molecule has 1 fully saturated rings. The molecule has 1 atom stereocenters. The number of carbonyl (C=O) groups excluding carboxylic acids is 1. The number of carbonyl (C=O) groups is 1. The molecule has 0 aliphatic carbocycles. The highest BCUT2D eigenvalue weighted by atomic mass is 16.2. The van der Waals surface area contributed by atoms with Gasteiger partial charge in [-0.05, 0) is 44.4 Å². The van der Waals surface area contributed by atoms with Crippen LogP contribution in [0.25, 0.3) is 10.9 Å². The van der Waals surface area contributed by atoms with Crippen LogP contribution >= 0.6 is 0 Å². The molecule has 1 aliphatic rings. The molecule has 2 aromatic carbocycles. The normalized spacial score (nSPS) is 16.3. The SMILES string of the molecule is Cc1ccc(C(C)C(=O)N2CCC(n3nnc4ccccc4c3=O)CC2)cc1. The number of piperidine rings is 1. The van der Waals surface area contributed by atoms with E-state index < -0.39 is 0 Å². The van der Waals surface area contributed by atoms with Crippen LogP contribution in [-0.4, -0.2) is 38.9 Å². The molecule has 0 radical (unpaired) electrons. The third-order valence-electron chi connectivity index (χ3n) is 5.66. The third kappa shape index (κ3) is 3.42. The summed E-state index contributed by atoms with van der Waals surface area (Å²) >= 11 is 0. The largest absolute Gasteiger partial charge is 0.342 e. The van der Waals surface area contributed by atoms with Crippen molar-refractivity contribution in [3.63, 3.8) is 0 Å². The van der Waals surface area contributed by atoms with Crippen LogP contribution in [0.1, 0.15) is 42.9 Å². The zero-order valence-corrected chi connectivity index (χ0v) is 16.2. The molecule has 0 bridgehead atoms.